The summed E-state index contributed by atoms with van der Waals surface area (Å²) in [6, 6.07) is 0. The molecule has 0 aliphatic heterocycles. The van der Waals surface area contributed by atoms with Crippen LogP contribution in [0.4, 0.5) is 0 Å². The maximum Gasteiger partial charge on any atom is 0.557 e. The zero-order valence-electron chi connectivity index (χ0n) is 28.5. The number of rotatable bonds is 15. The second kappa shape index (κ2) is 15.2. The van der Waals surface area contributed by atoms with Gasteiger partial charge >= 0.3 is 27.3 Å². The Morgan fingerprint density at radius 1 is 0.341 bits per heavy atom. The fourth-order valence-corrected chi connectivity index (χ4v) is 2.82. The molecule has 0 aliphatic rings. The third-order valence-electron chi connectivity index (χ3n) is 3.34. The Hall–Kier alpha value is -0.250. The van der Waals surface area contributed by atoms with Crippen molar-refractivity contribution in [2.45, 2.75) is 178 Å². The highest BCUT2D eigenvalue weighted by Gasteiger charge is 2.41. The van der Waals surface area contributed by atoms with Crippen LogP contribution in [0.5, 0.6) is 0 Å². The van der Waals surface area contributed by atoms with Gasteiger partial charge in [-0.15, -0.1) is 14.0 Å². The summed E-state index contributed by atoms with van der Waals surface area (Å²) in [7, 11) is -4.92. The molecule has 248 valence electrons. The van der Waals surface area contributed by atoms with Crippen LogP contribution in [0, 0.1) is 0 Å². The van der Waals surface area contributed by atoms with Crippen molar-refractivity contribution >= 4 is 7.82 Å². The summed E-state index contributed by atoms with van der Waals surface area (Å²) in [4.78, 5) is 15.7. The average molecular weight is 621 g/mol. The lowest BCUT2D eigenvalue weighted by Crippen LogP contribution is -2.38. The lowest BCUT2D eigenvalue weighted by molar-refractivity contribution is -0.486. The fourth-order valence-electron chi connectivity index (χ4n) is 2.22. The minimum atomic E-state index is -4.92. The Morgan fingerprint density at radius 3 is 0.610 bits per heavy atom. The molecule has 0 bridgehead atoms. The first-order chi connectivity index (χ1) is 17.9. The molecule has 0 heterocycles. The first-order valence-corrected chi connectivity index (χ1v) is 15.0. The van der Waals surface area contributed by atoms with Crippen molar-refractivity contribution in [1.29, 1.82) is 0 Å². The molecule has 0 spiro atoms. The lowest BCUT2D eigenvalue weighted by atomic mass is 10.2. The molecule has 0 unspecified atom stereocenters. The monoisotopic (exact) mass is 620 g/mol. The number of hydrogen-bond donors (Lipinski definition) is 0. The second-order valence-corrected chi connectivity index (χ2v) is 16.5. The molecule has 0 radical (unpaired) electrons. The summed E-state index contributed by atoms with van der Waals surface area (Å²) in [5.74, 6) is 0. The van der Waals surface area contributed by atoms with Gasteiger partial charge in [0.2, 0.25) is 0 Å². The molecule has 0 aromatic rings. The molecular formula is C27H57O13P. The summed E-state index contributed by atoms with van der Waals surface area (Å²) < 4.78 is 63.5. The fraction of sp³-hybridized carbons (Fsp3) is 1.00. The lowest BCUT2D eigenvalue weighted by Gasteiger charge is -2.33. The summed E-state index contributed by atoms with van der Waals surface area (Å²) >= 11 is 0. The molecule has 13 nitrogen and oxygen atoms in total. The standard InChI is InChI=1S/C27H57O13P/c1-22(2,3)29-19(30-23(4,5)6)35-38-41(28,39-36-20(31-24(7,8)9)32-25(10,11)12)40-37-21(33-26(13,14)15)34-27(16,17)18/h19-21H,1-18H3. The zero-order valence-corrected chi connectivity index (χ0v) is 29.4. The van der Waals surface area contributed by atoms with Crippen molar-refractivity contribution in [1.82, 2.24) is 0 Å². The van der Waals surface area contributed by atoms with Crippen LogP contribution in [-0.2, 0) is 61.7 Å². The maximum atomic E-state index is 13.7. The predicted octanol–water partition coefficient (Wildman–Crippen LogP) is 7.68. The molecule has 0 saturated carbocycles. The Balaban J connectivity index is 6.10. The molecule has 0 atom stereocenters. The van der Waals surface area contributed by atoms with E-state index in [1.54, 1.807) is 125 Å². The van der Waals surface area contributed by atoms with E-state index in [1.165, 1.54) is 0 Å². The van der Waals surface area contributed by atoms with Gasteiger partial charge < -0.3 is 28.4 Å². The van der Waals surface area contributed by atoms with Crippen LogP contribution in [-0.4, -0.2) is 53.0 Å². The molecule has 0 aliphatic carbocycles. The van der Waals surface area contributed by atoms with Crippen molar-refractivity contribution < 1.29 is 61.7 Å². The van der Waals surface area contributed by atoms with Crippen molar-refractivity contribution in [3.8, 4) is 0 Å². The van der Waals surface area contributed by atoms with Crippen molar-refractivity contribution in [2.75, 3.05) is 0 Å². The molecule has 0 aromatic carbocycles. The Morgan fingerprint density at radius 2 is 0.488 bits per heavy atom. The smallest absolute Gasteiger partial charge is 0.322 e. The number of phosphoric acid groups is 1. The SMILES string of the molecule is CC(C)(C)OC(OOP(=O)(OOC(OC(C)(C)C)OC(C)(C)C)OOC(OC(C)(C)C)OC(C)(C)C)OC(C)(C)C. The molecule has 0 N–H and O–H groups in total. The third kappa shape index (κ3) is 24.8. The van der Waals surface area contributed by atoms with Gasteiger partial charge in [-0.3, -0.25) is 0 Å². The minimum absolute atomic E-state index is 0.740. The topological polar surface area (TPSA) is 128 Å². The van der Waals surface area contributed by atoms with Crippen molar-refractivity contribution in [3.63, 3.8) is 0 Å². The first-order valence-electron chi connectivity index (χ1n) is 13.6. The zero-order chi connectivity index (χ0) is 32.7. The summed E-state index contributed by atoms with van der Waals surface area (Å²) in [6.45, 7) is 27.4. The largest absolute Gasteiger partial charge is 0.557 e. The Kier molecular flexibility index (Phi) is 15.1. The molecule has 0 amide bonds. The van der Waals surface area contributed by atoms with E-state index >= 15 is 0 Å². The van der Waals surface area contributed by atoms with E-state index in [0.29, 0.717) is 0 Å². The summed E-state index contributed by atoms with van der Waals surface area (Å²) in [5.41, 5.74) is -4.44. The van der Waals surface area contributed by atoms with Crippen LogP contribution in [0.2, 0.25) is 0 Å². The van der Waals surface area contributed by atoms with Gasteiger partial charge in [0.25, 0.3) is 0 Å². The third-order valence-corrected chi connectivity index (χ3v) is 4.14. The average Bonchev–Trinajstić information content (AvgIpc) is 2.62. The highest BCUT2D eigenvalue weighted by molar-refractivity contribution is 7.48. The molecule has 0 saturated heterocycles. The van der Waals surface area contributed by atoms with E-state index in [0.717, 1.165) is 0 Å². The van der Waals surface area contributed by atoms with Crippen molar-refractivity contribution in [2.24, 2.45) is 0 Å². The van der Waals surface area contributed by atoms with Gasteiger partial charge in [0.15, 0.2) is 0 Å². The molecule has 0 aromatic heterocycles. The van der Waals surface area contributed by atoms with Crippen molar-refractivity contribution in [3.05, 3.63) is 0 Å². The highest BCUT2D eigenvalue weighted by atomic mass is 31.2. The van der Waals surface area contributed by atoms with Crippen LogP contribution in [0.25, 0.3) is 0 Å². The molecular weight excluding hydrogens is 563 g/mol. The van der Waals surface area contributed by atoms with Crippen LogP contribution in [0.3, 0.4) is 0 Å². The number of hydrogen-bond acceptors (Lipinski definition) is 13. The summed E-state index contributed by atoms with van der Waals surface area (Å²) in [5, 5.41) is 0. The Bertz CT molecular complexity index is 640. The molecule has 41 heavy (non-hydrogen) atoms. The van der Waals surface area contributed by atoms with E-state index in [1.807, 2.05) is 0 Å². The van der Waals surface area contributed by atoms with Gasteiger partial charge in [-0.2, -0.15) is 14.7 Å². The highest BCUT2D eigenvalue weighted by Crippen LogP contribution is 2.52. The predicted molar refractivity (Wildman–Crippen MR) is 151 cm³/mol. The number of ether oxygens (including phenoxy) is 6. The second-order valence-electron chi connectivity index (χ2n) is 15.2. The maximum absolute atomic E-state index is 13.7. The van der Waals surface area contributed by atoms with E-state index < -0.39 is 60.9 Å². The normalized spacial score (nSPS) is 15.0. The van der Waals surface area contributed by atoms with Crippen LogP contribution < -0.4 is 0 Å². The molecule has 0 fully saturated rings. The van der Waals surface area contributed by atoms with Crippen LogP contribution in [0.15, 0.2) is 0 Å². The molecule has 0 rings (SSSR count). The van der Waals surface area contributed by atoms with E-state index in [4.69, 9.17) is 57.1 Å². The van der Waals surface area contributed by atoms with E-state index in [-0.39, 0.29) is 0 Å². The summed E-state index contributed by atoms with van der Waals surface area (Å²) in [6.07, 6.45) is 0. The van der Waals surface area contributed by atoms with Crippen LogP contribution >= 0.6 is 7.82 Å². The van der Waals surface area contributed by atoms with Gasteiger partial charge in [0.05, 0.1) is 33.6 Å². The van der Waals surface area contributed by atoms with Crippen LogP contribution in [0.1, 0.15) is 125 Å². The van der Waals surface area contributed by atoms with Gasteiger partial charge in [-0.05, 0) is 125 Å². The first kappa shape index (κ1) is 40.8. The van der Waals surface area contributed by atoms with Gasteiger partial charge in [0, 0.05) is 0 Å². The minimum Gasteiger partial charge on any atom is -0.322 e. The quantitative estimate of drug-likeness (QED) is 0.0769. The van der Waals surface area contributed by atoms with Gasteiger partial charge in [0.1, 0.15) is 0 Å². The Labute approximate surface area is 247 Å². The van der Waals surface area contributed by atoms with E-state index in [9.17, 15) is 4.57 Å². The van der Waals surface area contributed by atoms with Gasteiger partial charge in [-0.1, -0.05) is 0 Å². The van der Waals surface area contributed by atoms with Gasteiger partial charge in [-0.25, -0.2) is 4.57 Å². The molecule has 14 heteroatoms. The van der Waals surface area contributed by atoms with E-state index in [2.05, 4.69) is 0 Å².